The summed E-state index contributed by atoms with van der Waals surface area (Å²) in [5, 5.41) is -0.562. The molecule has 1 aromatic heterocycles. The first-order valence-corrected chi connectivity index (χ1v) is 4.92. The van der Waals surface area contributed by atoms with E-state index in [0.717, 1.165) is 0 Å². The second-order valence-corrected chi connectivity index (χ2v) is 3.56. The fourth-order valence-corrected chi connectivity index (χ4v) is 1.36. The Bertz CT molecular complexity index is 311. The molecule has 0 aliphatic rings. The first-order chi connectivity index (χ1) is 5.61. The molecule has 0 saturated heterocycles. The summed E-state index contributed by atoms with van der Waals surface area (Å²) in [6, 6.07) is 3.72. The van der Waals surface area contributed by atoms with Gasteiger partial charge in [0.25, 0.3) is 0 Å². The van der Waals surface area contributed by atoms with Crippen molar-refractivity contribution in [1.29, 1.82) is 0 Å². The van der Waals surface area contributed by atoms with E-state index in [-0.39, 0.29) is 10.1 Å². The van der Waals surface area contributed by atoms with Gasteiger partial charge in [-0.25, -0.2) is 4.98 Å². The minimum atomic E-state index is -2.49. The van der Waals surface area contributed by atoms with E-state index >= 15 is 0 Å². The fraction of sp³-hybridized carbons (Fsp3) is 0. The Labute approximate surface area is 73.4 Å². The van der Waals surface area contributed by atoms with Crippen LogP contribution in [0, 0.1) is 0 Å². The molecule has 0 radical (unpaired) electrons. The van der Waals surface area contributed by atoms with Gasteiger partial charge in [0.05, 0.1) is 0 Å². The standard InChI is InChI=1S/C5H5NO4S2/c7-11(8)4-2-1-3-5(6-4)12(9)10/h1-3H,(H,7,8)(H,9,10)/p-2. The van der Waals surface area contributed by atoms with Crippen molar-refractivity contribution in [2.45, 2.75) is 10.1 Å². The summed E-state index contributed by atoms with van der Waals surface area (Å²) >= 11 is -4.98. The molecule has 2 unspecified atom stereocenters. The number of rotatable bonds is 2. The smallest absolute Gasteiger partial charge is 0.114 e. The molecule has 12 heavy (non-hydrogen) atoms. The number of nitrogens with zero attached hydrogens (tertiary/aromatic N) is 1. The second kappa shape index (κ2) is 3.85. The predicted octanol–water partition coefficient (Wildman–Crippen LogP) is -0.442. The minimum absolute atomic E-state index is 0.281. The molecule has 0 aliphatic heterocycles. The van der Waals surface area contributed by atoms with Crippen molar-refractivity contribution in [2.24, 2.45) is 0 Å². The summed E-state index contributed by atoms with van der Waals surface area (Å²) in [5.41, 5.74) is 0. The van der Waals surface area contributed by atoms with Crippen LogP contribution in [0.4, 0.5) is 0 Å². The van der Waals surface area contributed by atoms with Gasteiger partial charge in [-0.15, -0.1) is 0 Å². The largest absolute Gasteiger partial charge is 0.767 e. The molecule has 5 nitrogen and oxygen atoms in total. The molecule has 66 valence electrons. The van der Waals surface area contributed by atoms with Gasteiger partial charge in [0, 0.05) is 0 Å². The topological polar surface area (TPSA) is 93.1 Å². The Morgan fingerprint density at radius 3 is 1.83 bits per heavy atom. The quantitative estimate of drug-likeness (QED) is 0.610. The van der Waals surface area contributed by atoms with Crippen LogP contribution in [0.5, 0.6) is 0 Å². The highest BCUT2D eigenvalue weighted by atomic mass is 32.2. The van der Waals surface area contributed by atoms with Gasteiger partial charge in [-0.1, -0.05) is 6.07 Å². The van der Waals surface area contributed by atoms with Crippen LogP contribution in [0.15, 0.2) is 28.3 Å². The van der Waals surface area contributed by atoms with Crippen molar-refractivity contribution in [3.8, 4) is 0 Å². The van der Waals surface area contributed by atoms with Crippen LogP contribution >= 0.6 is 0 Å². The van der Waals surface area contributed by atoms with Crippen molar-refractivity contribution in [2.75, 3.05) is 0 Å². The summed E-state index contributed by atoms with van der Waals surface area (Å²) in [4.78, 5) is 3.35. The van der Waals surface area contributed by atoms with E-state index in [1.807, 2.05) is 0 Å². The lowest BCUT2D eigenvalue weighted by molar-refractivity contribution is 0.526. The van der Waals surface area contributed by atoms with Gasteiger partial charge in [0.2, 0.25) is 0 Å². The zero-order valence-electron chi connectivity index (χ0n) is 5.63. The van der Waals surface area contributed by atoms with E-state index in [1.54, 1.807) is 0 Å². The van der Waals surface area contributed by atoms with E-state index < -0.39 is 22.2 Å². The lowest BCUT2D eigenvalue weighted by Gasteiger charge is -2.07. The third-order valence-corrected chi connectivity index (χ3v) is 2.18. The molecule has 2 atom stereocenters. The zero-order chi connectivity index (χ0) is 9.14. The van der Waals surface area contributed by atoms with Crippen molar-refractivity contribution in [1.82, 2.24) is 4.98 Å². The van der Waals surface area contributed by atoms with Crippen LogP contribution in [-0.2, 0) is 22.2 Å². The van der Waals surface area contributed by atoms with Gasteiger partial charge in [-0.05, 0) is 34.3 Å². The van der Waals surface area contributed by atoms with Gasteiger partial charge >= 0.3 is 0 Å². The Balaban J connectivity index is 3.12. The molecular formula is C5H3NO4S2-2. The normalized spacial score (nSPS) is 15.5. The van der Waals surface area contributed by atoms with Crippen molar-refractivity contribution < 1.29 is 17.5 Å². The highest BCUT2D eigenvalue weighted by Crippen LogP contribution is 2.04. The molecule has 0 aliphatic carbocycles. The summed E-state index contributed by atoms with van der Waals surface area (Å²) in [6.45, 7) is 0. The van der Waals surface area contributed by atoms with E-state index in [9.17, 15) is 17.5 Å². The molecule has 0 aromatic carbocycles. The Morgan fingerprint density at radius 1 is 1.08 bits per heavy atom. The Hall–Kier alpha value is -0.630. The van der Waals surface area contributed by atoms with Crippen LogP contribution in [0.25, 0.3) is 0 Å². The van der Waals surface area contributed by atoms with Gasteiger partial charge < -0.3 is 9.11 Å². The van der Waals surface area contributed by atoms with Gasteiger partial charge in [0.1, 0.15) is 10.1 Å². The van der Waals surface area contributed by atoms with E-state index in [1.165, 1.54) is 18.2 Å². The molecule has 1 heterocycles. The van der Waals surface area contributed by atoms with Crippen molar-refractivity contribution in [3.05, 3.63) is 18.2 Å². The first kappa shape index (κ1) is 9.46. The molecule has 7 heteroatoms. The molecule has 1 aromatic rings. The molecule has 0 fully saturated rings. The molecule has 0 bridgehead atoms. The lowest BCUT2D eigenvalue weighted by Crippen LogP contribution is -1.98. The van der Waals surface area contributed by atoms with Gasteiger partial charge in [-0.3, -0.25) is 8.42 Å². The summed E-state index contributed by atoms with van der Waals surface area (Å²) < 4.78 is 41.2. The second-order valence-electron chi connectivity index (χ2n) is 1.78. The summed E-state index contributed by atoms with van der Waals surface area (Å²) in [5.74, 6) is 0. The highest BCUT2D eigenvalue weighted by Gasteiger charge is 1.96. The maximum atomic E-state index is 10.3. The predicted molar refractivity (Wildman–Crippen MR) is 38.6 cm³/mol. The highest BCUT2D eigenvalue weighted by molar-refractivity contribution is 7.79. The molecule has 0 N–H and O–H groups in total. The molecule has 0 amide bonds. The maximum Gasteiger partial charge on any atom is 0.114 e. The van der Waals surface area contributed by atoms with Crippen LogP contribution in [0.2, 0.25) is 0 Å². The molecule has 1 rings (SSSR count). The van der Waals surface area contributed by atoms with Crippen molar-refractivity contribution in [3.63, 3.8) is 0 Å². The first-order valence-electron chi connectivity index (χ1n) is 2.77. The summed E-state index contributed by atoms with van der Waals surface area (Å²) in [7, 11) is 0. The van der Waals surface area contributed by atoms with Crippen molar-refractivity contribution >= 4 is 22.2 Å². The number of aromatic nitrogens is 1. The maximum absolute atomic E-state index is 10.3. The van der Waals surface area contributed by atoms with Gasteiger partial charge in [-0.2, -0.15) is 0 Å². The lowest BCUT2D eigenvalue weighted by atomic mass is 10.5. The third kappa shape index (κ3) is 2.18. The van der Waals surface area contributed by atoms with Crippen LogP contribution < -0.4 is 0 Å². The summed E-state index contributed by atoms with van der Waals surface area (Å²) in [6.07, 6.45) is 0. The Kier molecular flexibility index (Phi) is 3.04. The fourth-order valence-electron chi connectivity index (χ4n) is 0.582. The SMILES string of the molecule is O=S([O-])c1cccc(S(=O)[O-])n1. The molecule has 0 spiro atoms. The number of hydrogen-bond acceptors (Lipinski definition) is 5. The number of hydrogen-bond donors (Lipinski definition) is 0. The average molecular weight is 205 g/mol. The zero-order valence-corrected chi connectivity index (χ0v) is 7.26. The molecular weight excluding hydrogens is 202 g/mol. The molecule has 0 saturated carbocycles. The van der Waals surface area contributed by atoms with Crippen LogP contribution in [0.1, 0.15) is 0 Å². The monoisotopic (exact) mass is 205 g/mol. The van der Waals surface area contributed by atoms with Crippen LogP contribution in [0.3, 0.4) is 0 Å². The number of pyridine rings is 1. The Morgan fingerprint density at radius 2 is 1.50 bits per heavy atom. The van der Waals surface area contributed by atoms with E-state index in [2.05, 4.69) is 4.98 Å². The average Bonchev–Trinajstić information content (AvgIpc) is 2.04. The van der Waals surface area contributed by atoms with E-state index in [4.69, 9.17) is 0 Å². The van der Waals surface area contributed by atoms with Gasteiger partial charge in [0.15, 0.2) is 0 Å². The minimum Gasteiger partial charge on any atom is -0.767 e. The van der Waals surface area contributed by atoms with Crippen LogP contribution in [-0.4, -0.2) is 22.5 Å². The third-order valence-electron chi connectivity index (χ3n) is 1.04. The van der Waals surface area contributed by atoms with E-state index in [0.29, 0.717) is 0 Å².